The molecule has 2 nitrogen and oxygen atoms in total. The van der Waals surface area contributed by atoms with Gasteiger partial charge in [-0.15, -0.1) is 6.58 Å². The maximum atomic E-state index is 5.76. The van der Waals surface area contributed by atoms with Gasteiger partial charge >= 0.3 is 0 Å². The third-order valence-corrected chi connectivity index (χ3v) is 2.25. The third kappa shape index (κ3) is 4.99. The summed E-state index contributed by atoms with van der Waals surface area (Å²) in [6.45, 7) is 8.56. The van der Waals surface area contributed by atoms with Crippen molar-refractivity contribution in [1.82, 2.24) is 0 Å². The van der Waals surface area contributed by atoms with Gasteiger partial charge in [0.25, 0.3) is 0 Å². The first-order chi connectivity index (χ1) is 7.58. The normalized spacial score (nSPS) is 12.2. The minimum Gasteiger partial charge on any atom is -0.493 e. The molecule has 0 radical (unpaired) electrons. The quantitative estimate of drug-likeness (QED) is 0.747. The molecule has 1 rings (SSSR count). The molecule has 0 aromatic heterocycles. The highest BCUT2D eigenvalue weighted by molar-refractivity contribution is 5.29. The smallest absolute Gasteiger partial charge is 0.119 e. The Bertz CT molecular complexity index is 344. The summed E-state index contributed by atoms with van der Waals surface area (Å²) >= 11 is 0. The van der Waals surface area contributed by atoms with E-state index >= 15 is 0 Å². The molecule has 0 fully saturated rings. The van der Waals surface area contributed by atoms with Crippen LogP contribution in [0, 0.1) is 0 Å². The van der Waals surface area contributed by atoms with E-state index in [0.29, 0.717) is 6.61 Å². The zero-order chi connectivity index (χ0) is 12.0. The lowest BCUT2D eigenvalue weighted by atomic mass is 10.1. The molecule has 1 atom stereocenters. The molecule has 88 valence electrons. The van der Waals surface area contributed by atoms with Crippen molar-refractivity contribution in [2.24, 2.45) is 5.73 Å². The van der Waals surface area contributed by atoms with E-state index in [-0.39, 0.29) is 6.04 Å². The van der Waals surface area contributed by atoms with E-state index in [1.165, 1.54) is 5.56 Å². The number of benzene rings is 1. The molecule has 16 heavy (non-hydrogen) atoms. The van der Waals surface area contributed by atoms with Gasteiger partial charge in [0.15, 0.2) is 0 Å². The number of hydrogen-bond donors (Lipinski definition) is 1. The molecule has 0 heterocycles. The van der Waals surface area contributed by atoms with Crippen LogP contribution < -0.4 is 10.5 Å². The predicted octanol–water partition coefficient (Wildman–Crippen LogP) is 2.92. The lowest BCUT2D eigenvalue weighted by Gasteiger charge is -2.09. The molecular formula is C14H21NO. The summed E-state index contributed by atoms with van der Waals surface area (Å²) < 4.78 is 5.64. The Kier molecular flexibility index (Phi) is 5.06. The second kappa shape index (κ2) is 6.33. The third-order valence-electron chi connectivity index (χ3n) is 2.25. The van der Waals surface area contributed by atoms with Gasteiger partial charge in [0.05, 0.1) is 6.61 Å². The van der Waals surface area contributed by atoms with Crippen LogP contribution in [0.4, 0.5) is 0 Å². The Morgan fingerprint density at radius 3 is 2.88 bits per heavy atom. The summed E-state index contributed by atoms with van der Waals surface area (Å²) in [5.74, 6) is 0.916. The van der Waals surface area contributed by atoms with Gasteiger partial charge in [0, 0.05) is 12.5 Å². The highest BCUT2D eigenvalue weighted by Crippen LogP contribution is 2.15. The fourth-order valence-electron chi connectivity index (χ4n) is 1.48. The van der Waals surface area contributed by atoms with Gasteiger partial charge in [0.2, 0.25) is 0 Å². The van der Waals surface area contributed by atoms with E-state index in [1.807, 2.05) is 26.0 Å². The number of rotatable bonds is 6. The van der Waals surface area contributed by atoms with Gasteiger partial charge in [-0.3, -0.25) is 0 Å². The second-order valence-electron chi connectivity index (χ2n) is 4.38. The lowest BCUT2D eigenvalue weighted by molar-refractivity contribution is 0.321. The first kappa shape index (κ1) is 12.8. The Balaban J connectivity index is 2.50. The van der Waals surface area contributed by atoms with Gasteiger partial charge in [0.1, 0.15) is 5.75 Å². The van der Waals surface area contributed by atoms with E-state index in [1.54, 1.807) is 0 Å². The van der Waals surface area contributed by atoms with E-state index in [9.17, 15) is 0 Å². The van der Waals surface area contributed by atoms with Gasteiger partial charge < -0.3 is 10.5 Å². The minimum atomic E-state index is 0.186. The van der Waals surface area contributed by atoms with Gasteiger partial charge in [-0.05, 0) is 38.0 Å². The largest absolute Gasteiger partial charge is 0.493 e. The summed E-state index contributed by atoms with van der Waals surface area (Å²) in [4.78, 5) is 0. The van der Waals surface area contributed by atoms with Crippen LogP contribution in [-0.2, 0) is 6.42 Å². The number of ether oxygens (including phenoxy) is 1. The van der Waals surface area contributed by atoms with Crippen molar-refractivity contribution >= 4 is 0 Å². The summed E-state index contributed by atoms with van der Waals surface area (Å²) in [6.07, 6.45) is 1.79. The Morgan fingerprint density at radius 2 is 2.25 bits per heavy atom. The van der Waals surface area contributed by atoms with Crippen LogP contribution in [0.5, 0.6) is 5.75 Å². The highest BCUT2D eigenvalue weighted by Gasteiger charge is 2.00. The highest BCUT2D eigenvalue weighted by atomic mass is 16.5. The van der Waals surface area contributed by atoms with Crippen LogP contribution >= 0.6 is 0 Å². The fourth-order valence-corrected chi connectivity index (χ4v) is 1.48. The zero-order valence-corrected chi connectivity index (χ0v) is 10.2. The summed E-state index contributed by atoms with van der Waals surface area (Å²) in [5, 5.41) is 0. The summed E-state index contributed by atoms with van der Waals surface area (Å²) in [5.41, 5.74) is 8.13. The summed E-state index contributed by atoms with van der Waals surface area (Å²) in [7, 11) is 0. The van der Waals surface area contributed by atoms with Crippen LogP contribution in [0.3, 0.4) is 0 Å². The average molecular weight is 219 g/mol. The molecule has 1 unspecified atom stereocenters. The van der Waals surface area contributed by atoms with Crippen molar-refractivity contribution in [2.45, 2.75) is 32.7 Å². The van der Waals surface area contributed by atoms with Crippen LogP contribution in [0.25, 0.3) is 0 Å². The standard InChI is InChI=1S/C14H21NO/c1-11(2)7-8-16-14-6-4-5-13(10-14)9-12(3)15/h4-6,10,12H,1,7-9,15H2,2-3H3. The molecule has 0 bridgehead atoms. The van der Waals surface area contributed by atoms with E-state index in [4.69, 9.17) is 10.5 Å². The van der Waals surface area contributed by atoms with Gasteiger partial charge in [-0.2, -0.15) is 0 Å². The van der Waals surface area contributed by atoms with E-state index in [2.05, 4.69) is 18.7 Å². The molecule has 1 aromatic rings. The number of hydrogen-bond acceptors (Lipinski definition) is 2. The Hall–Kier alpha value is -1.28. The van der Waals surface area contributed by atoms with Crippen LogP contribution in [0.2, 0.25) is 0 Å². The van der Waals surface area contributed by atoms with Crippen molar-refractivity contribution in [1.29, 1.82) is 0 Å². The molecule has 2 N–H and O–H groups in total. The molecule has 0 spiro atoms. The average Bonchev–Trinajstić information content (AvgIpc) is 2.16. The molecule has 0 aliphatic carbocycles. The fraction of sp³-hybridized carbons (Fsp3) is 0.429. The molecular weight excluding hydrogens is 198 g/mol. The monoisotopic (exact) mass is 219 g/mol. The first-order valence-electron chi connectivity index (χ1n) is 5.69. The van der Waals surface area contributed by atoms with Gasteiger partial charge in [-0.25, -0.2) is 0 Å². The van der Waals surface area contributed by atoms with Crippen LogP contribution in [0.1, 0.15) is 25.8 Å². The van der Waals surface area contributed by atoms with Crippen molar-refractivity contribution in [2.75, 3.05) is 6.61 Å². The van der Waals surface area contributed by atoms with E-state index < -0.39 is 0 Å². The van der Waals surface area contributed by atoms with Crippen LogP contribution in [0.15, 0.2) is 36.4 Å². The van der Waals surface area contributed by atoms with Crippen LogP contribution in [-0.4, -0.2) is 12.6 Å². The van der Waals surface area contributed by atoms with E-state index in [0.717, 1.165) is 24.2 Å². The molecule has 0 amide bonds. The van der Waals surface area contributed by atoms with Crippen molar-refractivity contribution in [3.8, 4) is 5.75 Å². The topological polar surface area (TPSA) is 35.2 Å². The number of nitrogens with two attached hydrogens (primary N) is 1. The SMILES string of the molecule is C=C(C)CCOc1cccc(CC(C)N)c1. The zero-order valence-electron chi connectivity index (χ0n) is 10.2. The lowest BCUT2D eigenvalue weighted by Crippen LogP contribution is -2.17. The maximum absolute atomic E-state index is 5.76. The molecule has 0 saturated carbocycles. The molecule has 2 heteroatoms. The van der Waals surface area contributed by atoms with Gasteiger partial charge in [-0.1, -0.05) is 17.7 Å². The molecule has 0 aliphatic rings. The first-order valence-corrected chi connectivity index (χ1v) is 5.69. The maximum Gasteiger partial charge on any atom is 0.119 e. The molecule has 0 saturated heterocycles. The van der Waals surface area contributed by atoms with Crippen molar-refractivity contribution in [3.63, 3.8) is 0 Å². The van der Waals surface area contributed by atoms with Crippen molar-refractivity contribution < 1.29 is 4.74 Å². The Morgan fingerprint density at radius 1 is 1.50 bits per heavy atom. The Labute approximate surface area is 98.1 Å². The molecule has 1 aromatic carbocycles. The minimum absolute atomic E-state index is 0.186. The van der Waals surface area contributed by atoms with Crippen molar-refractivity contribution in [3.05, 3.63) is 42.0 Å². The summed E-state index contributed by atoms with van der Waals surface area (Å²) in [6, 6.07) is 8.30. The second-order valence-corrected chi connectivity index (χ2v) is 4.38. The predicted molar refractivity (Wildman–Crippen MR) is 68.7 cm³/mol. The molecule has 0 aliphatic heterocycles.